The fourth-order valence-corrected chi connectivity index (χ4v) is 5.96. The average molecular weight is 519 g/mol. The van der Waals surface area contributed by atoms with Crippen LogP contribution in [0.4, 0.5) is 0 Å². The third kappa shape index (κ3) is 4.71. The summed E-state index contributed by atoms with van der Waals surface area (Å²) in [5.41, 5.74) is 1.01. The van der Waals surface area contributed by atoms with E-state index in [2.05, 4.69) is 40.5 Å². The zero-order valence-corrected chi connectivity index (χ0v) is 22.2. The highest BCUT2D eigenvalue weighted by molar-refractivity contribution is 5.94. The third-order valence-electron chi connectivity index (χ3n) is 8.63. The smallest absolute Gasteiger partial charge is 0.249 e. The van der Waals surface area contributed by atoms with Gasteiger partial charge in [0, 0.05) is 43.2 Å². The van der Waals surface area contributed by atoms with Crippen LogP contribution in [-0.2, 0) is 19.1 Å². The molecule has 1 aliphatic heterocycles. The third-order valence-corrected chi connectivity index (χ3v) is 8.63. The van der Waals surface area contributed by atoms with Crippen molar-refractivity contribution in [2.24, 2.45) is 23.2 Å². The quantitative estimate of drug-likeness (QED) is 0.519. The Morgan fingerprint density at radius 1 is 1.26 bits per heavy atom. The molecule has 2 saturated carbocycles. The van der Waals surface area contributed by atoms with Crippen molar-refractivity contribution in [3.05, 3.63) is 36.3 Å². The van der Waals surface area contributed by atoms with Gasteiger partial charge in [-0.25, -0.2) is 0 Å². The molecular weight excluding hydrogens is 484 g/mol. The maximum Gasteiger partial charge on any atom is 0.249 e. The molecule has 38 heavy (non-hydrogen) atoms. The van der Waals surface area contributed by atoms with Crippen LogP contribution in [0.2, 0.25) is 0 Å². The molecule has 2 N–H and O–H groups in total. The van der Waals surface area contributed by atoms with Crippen LogP contribution < -0.4 is 10.6 Å². The number of methoxy groups -OCH3 is 1. The average Bonchev–Trinajstić information content (AvgIpc) is 3.77. The molecule has 3 fully saturated rings. The zero-order valence-electron chi connectivity index (χ0n) is 22.2. The van der Waals surface area contributed by atoms with Gasteiger partial charge in [0.1, 0.15) is 24.2 Å². The predicted molar refractivity (Wildman–Crippen MR) is 138 cm³/mol. The molecule has 2 aliphatic carbocycles. The molecule has 3 aliphatic rings. The number of aromatic nitrogens is 2. The molecular formula is C28H34N6O4. The van der Waals surface area contributed by atoms with Crippen molar-refractivity contribution in [2.45, 2.75) is 64.3 Å². The van der Waals surface area contributed by atoms with Gasteiger partial charge in [-0.3, -0.25) is 24.4 Å². The van der Waals surface area contributed by atoms with Crippen molar-refractivity contribution >= 4 is 28.6 Å². The number of ether oxygens (including phenoxy) is 1. The van der Waals surface area contributed by atoms with Crippen molar-refractivity contribution < 1.29 is 19.1 Å². The minimum Gasteiger partial charge on any atom is -0.372 e. The molecule has 0 spiro atoms. The molecule has 2 aromatic heterocycles. The van der Waals surface area contributed by atoms with Crippen molar-refractivity contribution in [1.29, 1.82) is 5.26 Å². The number of pyridine rings is 2. The SMILES string of the molecule is CO[C@@H](C)C(=O)N[C@@H](CC1CC1)C(=O)N1CC2C(C1C(=O)NC(C#N)c1cncc3cccnc13)C2(C)C. The first-order chi connectivity index (χ1) is 18.2. The van der Waals surface area contributed by atoms with Gasteiger partial charge in [0.2, 0.25) is 17.7 Å². The minimum atomic E-state index is -0.976. The monoisotopic (exact) mass is 518 g/mol. The second-order valence-electron chi connectivity index (χ2n) is 11.4. The number of fused-ring (bicyclic) bond motifs is 2. The number of nitriles is 1. The van der Waals surface area contributed by atoms with E-state index < -0.39 is 24.2 Å². The number of amides is 3. The van der Waals surface area contributed by atoms with Crippen LogP contribution in [0, 0.1) is 34.5 Å². The Morgan fingerprint density at radius 2 is 2.03 bits per heavy atom. The van der Waals surface area contributed by atoms with E-state index in [1.54, 1.807) is 36.5 Å². The number of carbonyl (C=O) groups excluding carboxylic acids is 3. The number of rotatable bonds is 9. The van der Waals surface area contributed by atoms with E-state index in [9.17, 15) is 19.6 Å². The summed E-state index contributed by atoms with van der Waals surface area (Å²) in [4.78, 5) is 50.5. The van der Waals surface area contributed by atoms with Gasteiger partial charge < -0.3 is 20.3 Å². The Morgan fingerprint density at radius 3 is 2.71 bits per heavy atom. The highest BCUT2D eigenvalue weighted by Crippen LogP contribution is 2.65. The van der Waals surface area contributed by atoms with Crippen LogP contribution in [0.1, 0.15) is 51.6 Å². The Hall–Kier alpha value is -3.58. The first-order valence-corrected chi connectivity index (χ1v) is 13.2. The molecule has 0 bridgehead atoms. The van der Waals surface area contributed by atoms with E-state index in [0.29, 0.717) is 30.0 Å². The van der Waals surface area contributed by atoms with Gasteiger partial charge in [-0.15, -0.1) is 0 Å². The van der Waals surface area contributed by atoms with Crippen molar-refractivity contribution in [2.75, 3.05) is 13.7 Å². The number of piperidine rings is 1. The lowest BCUT2D eigenvalue weighted by Gasteiger charge is -2.33. The van der Waals surface area contributed by atoms with Crippen LogP contribution >= 0.6 is 0 Å². The first-order valence-electron chi connectivity index (χ1n) is 13.2. The molecule has 4 unspecified atom stereocenters. The number of hydrogen-bond acceptors (Lipinski definition) is 7. The Kier molecular flexibility index (Phi) is 6.82. The molecule has 10 nitrogen and oxygen atoms in total. The highest BCUT2D eigenvalue weighted by Gasteiger charge is 2.69. The van der Waals surface area contributed by atoms with Crippen LogP contribution in [0.5, 0.6) is 0 Å². The van der Waals surface area contributed by atoms with Crippen molar-refractivity contribution in [3.63, 3.8) is 0 Å². The molecule has 5 rings (SSSR count). The molecule has 3 heterocycles. The second kappa shape index (κ2) is 9.95. The summed E-state index contributed by atoms with van der Waals surface area (Å²) < 4.78 is 5.14. The Labute approximate surface area is 222 Å². The highest BCUT2D eigenvalue weighted by atomic mass is 16.5. The summed E-state index contributed by atoms with van der Waals surface area (Å²) in [5.74, 6) is -0.435. The second-order valence-corrected chi connectivity index (χ2v) is 11.4. The Balaban J connectivity index is 1.39. The number of hydrogen-bond donors (Lipinski definition) is 2. The van der Waals surface area contributed by atoms with Crippen LogP contribution in [-0.4, -0.2) is 64.4 Å². The van der Waals surface area contributed by atoms with E-state index >= 15 is 0 Å². The topological polar surface area (TPSA) is 137 Å². The van der Waals surface area contributed by atoms with E-state index in [4.69, 9.17) is 4.74 Å². The molecule has 3 amide bonds. The summed E-state index contributed by atoms with van der Waals surface area (Å²) in [5, 5.41) is 16.5. The lowest BCUT2D eigenvalue weighted by Crippen LogP contribution is -2.57. The summed E-state index contributed by atoms with van der Waals surface area (Å²) in [6.07, 6.45) is 6.75. The van der Waals surface area contributed by atoms with Crippen LogP contribution in [0.25, 0.3) is 10.9 Å². The van der Waals surface area contributed by atoms with E-state index in [0.717, 1.165) is 18.2 Å². The van der Waals surface area contributed by atoms with Gasteiger partial charge in [-0.1, -0.05) is 26.7 Å². The first kappa shape index (κ1) is 26.0. The molecule has 0 radical (unpaired) electrons. The van der Waals surface area contributed by atoms with Gasteiger partial charge in [0.15, 0.2) is 0 Å². The standard InChI is InChI=1S/C28H34N6O4/c1-15(38-4)25(35)32-20(10-16-7-8-16)27(37)34-14-19-22(28(19,2)3)24(34)26(36)33-21(11-29)18-13-30-12-17-6-5-9-31-23(17)18/h5-6,9,12-13,15-16,19-22,24H,7-8,10,14H2,1-4H3,(H,32,35)(H,33,36)/t15-,19?,20-,21?,22?,24?/m0/s1. The lowest BCUT2D eigenvalue weighted by molar-refractivity contribution is -0.144. The van der Waals surface area contributed by atoms with Crippen molar-refractivity contribution in [1.82, 2.24) is 25.5 Å². The maximum absolute atomic E-state index is 13.9. The van der Waals surface area contributed by atoms with Crippen molar-refractivity contribution in [3.8, 4) is 6.07 Å². The fraction of sp³-hybridized carbons (Fsp3) is 0.571. The number of carbonyl (C=O) groups is 3. The van der Waals surface area contributed by atoms with Gasteiger partial charge in [0.05, 0.1) is 11.6 Å². The molecule has 200 valence electrons. The molecule has 6 atom stereocenters. The zero-order chi connectivity index (χ0) is 27.2. The summed E-state index contributed by atoms with van der Waals surface area (Å²) >= 11 is 0. The van der Waals surface area contributed by atoms with E-state index in [1.807, 2.05) is 6.07 Å². The summed E-state index contributed by atoms with van der Waals surface area (Å²) in [6.45, 7) is 6.29. The molecule has 0 aromatic carbocycles. The Bertz CT molecular complexity index is 1300. The van der Waals surface area contributed by atoms with Gasteiger partial charge >= 0.3 is 0 Å². The van der Waals surface area contributed by atoms with E-state index in [-0.39, 0.29) is 35.0 Å². The number of likely N-dealkylation sites (tertiary alicyclic amines) is 1. The van der Waals surface area contributed by atoms with Crippen LogP contribution in [0.3, 0.4) is 0 Å². The summed E-state index contributed by atoms with van der Waals surface area (Å²) in [6, 6.07) is 3.39. The largest absolute Gasteiger partial charge is 0.372 e. The predicted octanol–water partition coefficient (Wildman–Crippen LogP) is 2.11. The molecule has 10 heteroatoms. The maximum atomic E-state index is 13.9. The van der Waals surface area contributed by atoms with Crippen LogP contribution in [0.15, 0.2) is 30.7 Å². The minimum absolute atomic E-state index is 0.0234. The van der Waals surface area contributed by atoms with Gasteiger partial charge in [-0.05, 0) is 48.6 Å². The number of nitrogens with zero attached hydrogens (tertiary/aromatic N) is 4. The number of nitrogens with one attached hydrogen (secondary N) is 2. The molecule has 2 aromatic rings. The van der Waals surface area contributed by atoms with Gasteiger partial charge in [-0.2, -0.15) is 5.26 Å². The lowest BCUT2D eigenvalue weighted by atomic mass is 9.98. The summed E-state index contributed by atoms with van der Waals surface area (Å²) in [7, 11) is 1.45. The molecule has 1 saturated heterocycles. The fourth-order valence-electron chi connectivity index (χ4n) is 5.96. The van der Waals surface area contributed by atoms with Gasteiger partial charge in [0.25, 0.3) is 0 Å². The normalized spacial score (nSPS) is 25.6. The van der Waals surface area contributed by atoms with E-state index in [1.165, 1.54) is 7.11 Å².